The highest BCUT2D eigenvalue weighted by Crippen LogP contribution is 2.24. The fourth-order valence-corrected chi connectivity index (χ4v) is 4.22. The number of rotatable bonds is 5. The fraction of sp³-hybridized carbons (Fsp3) is 0.591. The highest BCUT2D eigenvalue weighted by molar-refractivity contribution is 5.79. The van der Waals surface area contributed by atoms with E-state index in [0.29, 0.717) is 24.8 Å². The number of carbonyl (C=O) groups is 1. The fourth-order valence-electron chi connectivity index (χ4n) is 4.22. The molecule has 1 aromatic carbocycles. The minimum atomic E-state index is 0.181. The number of hydrogen-bond donors (Lipinski definition) is 0. The molecule has 2 aromatic rings. The zero-order valence-corrected chi connectivity index (χ0v) is 16.7. The molecule has 2 saturated heterocycles. The third kappa shape index (κ3) is 4.79. The number of carbonyl (C=O) groups excluding carboxylic acids is 1. The molecule has 4 rings (SSSR count). The quantitative estimate of drug-likeness (QED) is 0.795. The molecule has 150 valence electrons. The Balaban J connectivity index is 1.24. The van der Waals surface area contributed by atoms with E-state index in [1.807, 2.05) is 18.2 Å². The number of hydrogen-bond acceptors (Lipinski definition) is 5. The van der Waals surface area contributed by atoms with Gasteiger partial charge in [0.1, 0.15) is 0 Å². The summed E-state index contributed by atoms with van der Waals surface area (Å²) in [6, 6.07) is 10.2. The van der Waals surface area contributed by atoms with Crippen LogP contribution in [0, 0.1) is 11.8 Å². The normalized spacial score (nSPS) is 19.8. The van der Waals surface area contributed by atoms with Crippen molar-refractivity contribution in [3.63, 3.8) is 0 Å². The summed E-state index contributed by atoms with van der Waals surface area (Å²) in [5.41, 5.74) is 1.18. The maximum atomic E-state index is 12.8. The molecule has 2 fully saturated rings. The summed E-state index contributed by atoms with van der Waals surface area (Å²) in [4.78, 5) is 21.7. The molecule has 0 bridgehead atoms. The van der Waals surface area contributed by atoms with Gasteiger partial charge in [-0.15, -0.1) is 0 Å². The third-order valence-corrected chi connectivity index (χ3v) is 6.11. The van der Waals surface area contributed by atoms with Crippen LogP contribution in [0.3, 0.4) is 0 Å². The molecule has 0 saturated carbocycles. The monoisotopic (exact) mass is 382 g/mol. The average molecular weight is 383 g/mol. The molecule has 0 N–H and O–H groups in total. The summed E-state index contributed by atoms with van der Waals surface area (Å²) in [5.74, 6) is 2.70. The van der Waals surface area contributed by atoms with Gasteiger partial charge in [-0.05, 0) is 50.3 Å². The SMILES string of the molecule is CC1CCN(C(=O)C2CCN(Cc3nc(Cc4ccccc4)no3)CC2)CC1. The van der Waals surface area contributed by atoms with Crippen molar-refractivity contribution in [1.29, 1.82) is 0 Å². The largest absolute Gasteiger partial charge is 0.342 e. The van der Waals surface area contributed by atoms with Crippen LogP contribution in [0.15, 0.2) is 34.9 Å². The molecule has 6 heteroatoms. The van der Waals surface area contributed by atoms with Crippen LogP contribution < -0.4 is 0 Å². The van der Waals surface area contributed by atoms with Crippen LogP contribution in [-0.4, -0.2) is 52.0 Å². The summed E-state index contributed by atoms with van der Waals surface area (Å²) < 4.78 is 5.44. The Morgan fingerprint density at radius 1 is 1.07 bits per heavy atom. The lowest BCUT2D eigenvalue weighted by Gasteiger charge is -2.36. The Kier molecular flexibility index (Phi) is 6.05. The van der Waals surface area contributed by atoms with Crippen LogP contribution in [0.1, 0.15) is 49.9 Å². The van der Waals surface area contributed by atoms with E-state index >= 15 is 0 Å². The Hall–Kier alpha value is -2.21. The first-order valence-corrected chi connectivity index (χ1v) is 10.5. The Morgan fingerprint density at radius 3 is 2.50 bits per heavy atom. The van der Waals surface area contributed by atoms with E-state index < -0.39 is 0 Å². The van der Waals surface area contributed by atoms with Gasteiger partial charge in [-0.1, -0.05) is 42.4 Å². The molecule has 2 aliphatic rings. The van der Waals surface area contributed by atoms with E-state index in [9.17, 15) is 4.79 Å². The van der Waals surface area contributed by atoms with Crippen LogP contribution in [0.25, 0.3) is 0 Å². The molecule has 1 amide bonds. The molecule has 0 spiro atoms. The van der Waals surface area contributed by atoms with Gasteiger partial charge in [-0.2, -0.15) is 4.98 Å². The summed E-state index contributed by atoms with van der Waals surface area (Å²) >= 11 is 0. The van der Waals surface area contributed by atoms with Crippen molar-refractivity contribution in [3.8, 4) is 0 Å². The summed E-state index contributed by atoms with van der Waals surface area (Å²) in [6.45, 7) is 6.65. The molecule has 28 heavy (non-hydrogen) atoms. The lowest BCUT2D eigenvalue weighted by molar-refractivity contribution is -0.138. The van der Waals surface area contributed by atoms with Crippen molar-refractivity contribution < 1.29 is 9.32 Å². The third-order valence-electron chi connectivity index (χ3n) is 6.11. The number of likely N-dealkylation sites (tertiary alicyclic amines) is 2. The van der Waals surface area contributed by atoms with E-state index in [1.165, 1.54) is 5.56 Å². The van der Waals surface area contributed by atoms with Gasteiger partial charge in [0, 0.05) is 25.4 Å². The van der Waals surface area contributed by atoms with Crippen LogP contribution in [0.4, 0.5) is 0 Å². The lowest BCUT2D eigenvalue weighted by atomic mass is 9.93. The van der Waals surface area contributed by atoms with E-state index in [4.69, 9.17) is 4.52 Å². The number of benzene rings is 1. The van der Waals surface area contributed by atoms with Crippen LogP contribution >= 0.6 is 0 Å². The van der Waals surface area contributed by atoms with E-state index in [0.717, 1.165) is 63.6 Å². The molecular weight excluding hydrogens is 352 g/mol. The maximum absolute atomic E-state index is 12.8. The standard InChI is InChI=1S/C22H30N4O2/c1-17-7-13-26(14-8-17)22(27)19-9-11-25(12-10-19)16-21-23-20(24-28-21)15-18-5-3-2-4-6-18/h2-6,17,19H,7-16H2,1H3. The summed E-state index contributed by atoms with van der Waals surface area (Å²) in [6.07, 6.45) is 4.83. The molecule has 0 atom stereocenters. The molecule has 1 aromatic heterocycles. The van der Waals surface area contributed by atoms with E-state index in [1.54, 1.807) is 0 Å². The number of aromatic nitrogens is 2. The topological polar surface area (TPSA) is 62.5 Å². The number of amides is 1. The summed E-state index contributed by atoms with van der Waals surface area (Å²) in [5, 5.41) is 4.11. The van der Waals surface area contributed by atoms with Crippen molar-refractivity contribution in [1.82, 2.24) is 19.9 Å². The molecule has 2 aliphatic heterocycles. The van der Waals surface area contributed by atoms with Gasteiger partial charge < -0.3 is 9.42 Å². The lowest BCUT2D eigenvalue weighted by Crippen LogP contribution is -2.45. The summed E-state index contributed by atoms with van der Waals surface area (Å²) in [7, 11) is 0. The zero-order chi connectivity index (χ0) is 19.3. The predicted octanol–water partition coefficient (Wildman–Crippen LogP) is 3.13. The molecule has 6 nitrogen and oxygen atoms in total. The highest BCUT2D eigenvalue weighted by Gasteiger charge is 2.30. The van der Waals surface area contributed by atoms with Gasteiger partial charge in [0.05, 0.1) is 6.54 Å². The van der Waals surface area contributed by atoms with E-state index in [2.05, 4.69) is 39.0 Å². The predicted molar refractivity (Wildman–Crippen MR) is 107 cm³/mol. The Morgan fingerprint density at radius 2 is 1.79 bits per heavy atom. The van der Waals surface area contributed by atoms with Crippen molar-refractivity contribution in [2.45, 2.75) is 45.6 Å². The van der Waals surface area contributed by atoms with Crippen LogP contribution in [0.5, 0.6) is 0 Å². The molecule has 3 heterocycles. The van der Waals surface area contributed by atoms with Crippen molar-refractivity contribution in [2.75, 3.05) is 26.2 Å². The first-order chi connectivity index (χ1) is 13.7. The second-order valence-electron chi connectivity index (χ2n) is 8.32. The average Bonchev–Trinajstić information content (AvgIpc) is 3.16. The minimum absolute atomic E-state index is 0.181. The van der Waals surface area contributed by atoms with E-state index in [-0.39, 0.29) is 5.92 Å². The van der Waals surface area contributed by atoms with Crippen LogP contribution in [-0.2, 0) is 17.8 Å². The van der Waals surface area contributed by atoms with Crippen molar-refractivity contribution in [2.24, 2.45) is 11.8 Å². The molecular formula is C22H30N4O2. The van der Waals surface area contributed by atoms with Gasteiger partial charge in [-0.25, -0.2) is 0 Å². The first-order valence-electron chi connectivity index (χ1n) is 10.5. The Bertz CT molecular complexity index is 760. The molecule has 0 aliphatic carbocycles. The van der Waals surface area contributed by atoms with Gasteiger partial charge in [0.25, 0.3) is 0 Å². The maximum Gasteiger partial charge on any atom is 0.240 e. The van der Waals surface area contributed by atoms with Gasteiger partial charge >= 0.3 is 0 Å². The van der Waals surface area contributed by atoms with Gasteiger partial charge in [0.15, 0.2) is 5.82 Å². The smallest absolute Gasteiger partial charge is 0.240 e. The van der Waals surface area contributed by atoms with Crippen molar-refractivity contribution >= 4 is 5.91 Å². The van der Waals surface area contributed by atoms with Gasteiger partial charge in [-0.3, -0.25) is 9.69 Å². The van der Waals surface area contributed by atoms with Crippen LogP contribution in [0.2, 0.25) is 0 Å². The number of piperidine rings is 2. The molecule has 0 unspecified atom stereocenters. The Labute approximate surface area is 166 Å². The second-order valence-corrected chi connectivity index (χ2v) is 8.32. The minimum Gasteiger partial charge on any atom is -0.342 e. The highest BCUT2D eigenvalue weighted by atomic mass is 16.5. The van der Waals surface area contributed by atoms with Gasteiger partial charge in [0.2, 0.25) is 11.8 Å². The van der Waals surface area contributed by atoms with Crippen molar-refractivity contribution in [3.05, 3.63) is 47.6 Å². The number of nitrogens with zero attached hydrogens (tertiary/aromatic N) is 4. The zero-order valence-electron chi connectivity index (χ0n) is 16.7. The second kappa shape index (κ2) is 8.86. The molecule has 0 radical (unpaired) electrons. The first kappa shape index (κ1) is 19.1.